The van der Waals surface area contributed by atoms with E-state index in [1.54, 1.807) is 0 Å². The molecule has 19 heavy (non-hydrogen) atoms. The Morgan fingerprint density at radius 3 is 2.37 bits per heavy atom. The third kappa shape index (κ3) is 3.63. The normalized spacial score (nSPS) is 13.2. The molecule has 2 aromatic heterocycles. The molecule has 1 atom stereocenters. The third-order valence-corrected chi connectivity index (χ3v) is 5.74. The fourth-order valence-electron chi connectivity index (χ4n) is 2.01. The molecule has 104 valence electrons. The molecule has 0 aliphatic carbocycles. The van der Waals surface area contributed by atoms with E-state index < -0.39 is 0 Å². The lowest BCUT2D eigenvalue weighted by Gasteiger charge is -2.07. The lowest BCUT2D eigenvalue weighted by atomic mass is 10.0. The van der Waals surface area contributed by atoms with Crippen molar-refractivity contribution < 1.29 is 0 Å². The molecule has 2 heterocycles. The molecule has 0 saturated heterocycles. The van der Waals surface area contributed by atoms with Gasteiger partial charge in [-0.1, -0.05) is 20.8 Å². The van der Waals surface area contributed by atoms with E-state index in [1.807, 2.05) is 28.9 Å². The maximum atomic E-state index is 4.78. The largest absolute Gasteiger partial charge is 0.249 e. The second-order valence-corrected chi connectivity index (χ2v) is 7.96. The molecule has 1 unspecified atom stereocenters. The van der Waals surface area contributed by atoms with Crippen LogP contribution in [-0.2, 0) is 6.42 Å². The first-order valence-corrected chi connectivity index (χ1v) is 8.49. The SMILES string of the molecule is Cc1cnc(C(C)CCc2nc(C(C)C)sc2C)s1. The van der Waals surface area contributed by atoms with Crippen LogP contribution in [0.2, 0.25) is 0 Å². The molecule has 0 aliphatic heterocycles. The fourth-order valence-corrected chi connectivity index (χ4v) is 3.84. The highest BCUT2D eigenvalue weighted by atomic mass is 32.1. The monoisotopic (exact) mass is 294 g/mol. The topological polar surface area (TPSA) is 25.8 Å². The van der Waals surface area contributed by atoms with E-state index >= 15 is 0 Å². The van der Waals surface area contributed by atoms with Crippen molar-refractivity contribution in [1.82, 2.24) is 9.97 Å². The summed E-state index contributed by atoms with van der Waals surface area (Å²) in [6.45, 7) is 11.0. The molecular formula is C15H22N2S2. The standard InChI is InChI=1S/C15H22N2S2/c1-9(2)14-17-13(12(5)19-14)7-6-10(3)15-16-8-11(4)18-15/h8-10H,6-7H2,1-5H3. The van der Waals surface area contributed by atoms with E-state index in [0.29, 0.717) is 11.8 Å². The van der Waals surface area contributed by atoms with Gasteiger partial charge in [-0.15, -0.1) is 22.7 Å². The first-order valence-electron chi connectivity index (χ1n) is 6.86. The lowest BCUT2D eigenvalue weighted by molar-refractivity contribution is 0.664. The van der Waals surface area contributed by atoms with Gasteiger partial charge in [-0.3, -0.25) is 0 Å². The van der Waals surface area contributed by atoms with Crippen molar-refractivity contribution in [2.45, 2.75) is 59.3 Å². The van der Waals surface area contributed by atoms with Crippen molar-refractivity contribution in [3.63, 3.8) is 0 Å². The van der Waals surface area contributed by atoms with Crippen LogP contribution in [0.25, 0.3) is 0 Å². The maximum absolute atomic E-state index is 4.78. The number of nitrogens with zero attached hydrogens (tertiary/aromatic N) is 2. The van der Waals surface area contributed by atoms with Crippen molar-refractivity contribution in [2.24, 2.45) is 0 Å². The van der Waals surface area contributed by atoms with Crippen LogP contribution in [0.1, 0.15) is 64.5 Å². The molecule has 2 nitrogen and oxygen atoms in total. The summed E-state index contributed by atoms with van der Waals surface area (Å²) in [7, 11) is 0. The van der Waals surface area contributed by atoms with Gasteiger partial charge in [0.25, 0.3) is 0 Å². The van der Waals surface area contributed by atoms with Crippen LogP contribution in [0, 0.1) is 13.8 Å². The minimum absolute atomic E-state index is 0.530. The molecule has 4 heteroatoms. The van der Waals surface area contributed by atoms with E-state index in [9.17, 15) is 0 Å². The van der Waals surface area contributed by atoms with Crippen LogP contribution in [0.4, 0.5) is 0 Å². The van der Waals surface area contributed by atoms with Gasteiger partial charge in [-0.2, -0.15) is 0 Å². The number of rotatable bonds is 5. The minimum Gasteiger partial charge on any atom is -0.249 e. The Morgan fingerprint density at radius 1 is 1.11 bits per heavy atom. The number of thiazole rings is 2. The molecular weight excluding hydrogens is 272 g/mol. The summed E-state index contributed by atoms with van der Waals surface area (Å²) in [5, 5.41) is 2.53. The van der Waals surface area contributed by atoms with Gasteiger partial charge >= 0.3 is 0 Å². The zero-order valence-electron chi connectivity index (χ0n) is 12.4. The van der Waals surface area contributed by atoms with E-state index in [-0.39, 0.29) is 0 Å². The van der Waals surface area contributed by atoms with Crippen LogP contribution in [0.5, 0.6) is 0 Å². The highest BCUT2D eigenvalue weighted by Crippen LogP contribution is 2.28. The predicted octanol–water partition coefficient (Wildman–Crippen LogP) is 5.08. The van der Waals surface area contributed by atoms with Crippen molar-refractivity contribution in [2.75, 3.05) is 0 Å². The summed E-state index contributed by atoms with van der Waals surface area (Å²) in [5.41, 5.74) is 1.29. The summed E-state index contributed by atoms with van der Waals surface area (Å²) in [5.74, 6) is 1.07. The Morgan fingerprint density at radius 2 is 1.84 bits per heavy atom. The third-order valence-electron chi connectivity index (χ3n) is 3.28. The summed E-state index contributed by atoms with van der Waals surface area (Å²) < 4.78 is 0. The Kier molecular flexibility index (Phi) is 4.74. The van der Waals surface area contributed by atoms with Gasteiger partial charge in [0, 0.05) is 27.8 Å². The van der Waals surface area contributed by atoms with Crippen LogP contribution < -0.4 is 0 Å². The first-order chi connectivity index (χ1) is 8.97. The van der Waals surface area contributed by atoms with E-state index in [1.165, 1.54) is 25.5 Å². The summed E-state index contributed by atoms with van der Waals surface area (Å²) in [6, 6.07) is 0. The second-order valence-electron chi connectivity index (χ2n) is 5.46. The molecule has 2 aromatic rings. The molecule has 0 aliphatic rings. The number of aryl methyl sites for hydroxylation is 3. The van der Waals surface area contributed by atoms with Crippen LogP contribution in [0.3, 0.4) is 0 Å². The number of aromatic nitrogens is 2. The summed E-state index contributed by atoms with van der Waals surface area (Å²) in [6.07, 6.45) is 4.17. The summed E-state index contributed by atoms with van der Waals surface area (Å²) >= 11 is 3.67. The maximum Gasteiger partial charge on any atom is 0.0956 e. The molecule has 0 amide bonds. The van der Waals surface area contributed by atoms with Gasteiger partial charge in [0.1, 0.15) is 0 Å². The smallest absolute Gasteiger partial charge is 0.0956 e. The minimum atomic E-state index is 0.530. The van der Waals surface area contributed by atoms with Gasteiger partial charge in [-0.25, -0.2) is 9.97 Å². The molecule has 0 bridgehead atoms. The average molecular weight is 294 g/mol. The molecule has 0 saturated carbocycles. The predicted molar refractivity (Wildman–Crippen MR) is 84.5 cm³/mol. The molecule has 0 aromatic carbocycles. The van der Waals surface area contributed by atoms with Crippen LogP contribution in [-0.4, -0.2) is 9.97 Å². The zero-order chi connectivity index (χ0) is 14.0. The number of hydrogen-bond donors (Lipinski definition) is 0. The molecule has 0 spiro atoms. The lowest BCUT2D eigenvalue weighted by Crippen LogP contribution is -1.97. The van der Waals surface area contributed by atoms with Gasteiger partial charge in [0.15, 0.2) is 0 Å². The van der Waals surface area contributed by atoms with E-state index in [2.05, 4.69) is 39.6 Å². The van der Waals surface area contributed by atoms with Crippen LogP contribution >= 0.6 is 22.7 Å². The van der Waals surface area contributed by atoms with Crippen LogP contribution in [0.15, 0.2) is 6.20 Å². The quantitative estimate of drug-likeness (QED) is 0.769. The highest BCUT2D eigenvalue weighted by molar-refractivity contribution is 7.12. The van der Waals surface area contributed by atoms with E-state index in [0.717, 1.165) is 12.8 Å². The van der Waals surface area contributed by atoms with Gasteiger partial charge in [-0.05, 0) is 26.7 Å². The molecule has 0 fully saturated rings. The highest BCUT2D eigenvalue weighted by Gasteiger charge is 2.14. The summed E-state index contributed by atoms with van der Waals surface area (Å²) in [4.78, 5) is 11.9. The van der Waals surface area contributed by atoms with Crippen molar-refractivity contribution in [3.8, 4) is 0 Å². The fraction of sp³-hybridized carbons (Fsp3) is 0.600. The van der Waals surface area contributed by atoms with E-state index in [4.69, 9.17) is 4.98 Å². The number of hydrogen-bond acceptors (Lipinski definition) is 4. The second kappa shape index (κ2) is 6.14. The Bertz CT molecular complexity index is 540. The Hall–Kier alpha value is -0.740. The van der Waals surface area contributed by atoms with Crippen molar-refractivity contribution in [3.05, 3.63) is 31.7 Å². The average Bonchev–Trinajstić information content (AvgIpc) is 2.93. The molecule has 2 rings (SSSR count). The van der Waals surface area contributed by atoms with Gasteiger partial charge in [0.2, 0.25) is 0 Å². The van der Waals surface area contributed by atoms with Crippen molar-refractivity contribution in [1.29, 1.82) is 0 Å². The first kappa shape index (κ1) is 14.7. The molecule has 0 N–H and O–H groups in total. The molecule has 0 radical (unpaired) electrons. The zero-order valence-corrected chi connectivity index (χ0v) is 14.0. The van der Waals surface area contributed by atoms with Gasteiger partial charge in [0.05, 0.1) is 15.7 Å². The van der Waals surface area contributed by atoms with Crippen molar-refractivity contribution >= 4 is 22.7 Å². The Labute approximate surface area is 123 Å². The van der Waals surface area contributed by atoms with Gasteiger partial charge < -0.3 is 0 Å². The Balaban J connectivity index is 1.98.